The zero-order chi connectivity index (χ0) is 27.1. The average Bonchev–Trinajstić information content (AvgIpc) is 3.35. The molecule has 0 unspecified atom stereocenters. The molecule has 2 N–H and O–H groups in total. The van der Waals surface area contributed by atoms with Crippen molar-refractivity contribution in [3.8, 4) is 22.5 Å². The van der Waals surface area contributed by atoms with Gasteiger partial charge in [-0.15, -0.1) is 0 Å². The van der Waals surface area contributed by atoms with Crippen LogP contribution < -0.4 is 5.73 Å². The van der Waals surface area contributed by atoms with Crippen LogP contribution in [0.5, 0.6) is 0 Å². The lowest BCUT2D eigenvalue weighted by Gasteiger charge is -2.34. The van der Waals surface area contributed by atoms with Crippen molar-refractivity contribution in [3.63, 3.8) is 0 Å². The van der Waals surface area contributed by atoms with Crippen LogP contribution in [0.1, 0.15) is 30.1 Å². The number of rotatable bonds is 7. The second-order valence-electron chi connectivity index (χ2n) is 10.4. The van der Waals surface area contributed by atoms with Crippen molar-refractivity contribution in [2.45, 2.75) is 36.7 Å². The number of nitrogens with zero attached hydrogens (tertiary/aromatic N) is 4. The third kappa shape index (κ3) is 4.72. The molecule has 3 heterocycles. The molecular weight excluding hydrogens is 514 g/mol. The zero-order valence-electron chi connectivity index (χ0n) is 22.2. The summed E-state index contributed by atoms with van der Waals surface area (Å²) in [5.74, 6) is 2.45. The summed E-state index contributed by atoms with van der Waals surface area (Å²) in [5, 5.41) is 1.08. The van der Waals surface area contributed by atoms with E-state index in [1.807, 2.05) is 24.4 Å². The van der Waals surface area contributed by atoms with E-state index in [1.54, 1.807) is 18.0 Å². The van der Waals surface area contributed by atoms with E-state index in [1.165, 1.54) is 10.5 Å². The topological polar surface area (TPSA) is 78.3 Å². The van der Waals surface area contributed by atoms with Crippen molar-refractivity contribution in [1.82, 2.24) is 19.4 Å². The third-order valence-electron chi connectivity index (χ3n) is 7.66. The Labute approximate surface area is 237 Å². The Balaban J connectivity index is 1.14. The lowest BCUT2D eigenvalue weighted by molar-refractivity contribution is 0.0145. The van der Waals surface area contributed by atoms with Crippen molar-refractivity contribution in [3.05, 3.63) is 109 Å². The van der Waals surface area contributed by atoms with Gasteiger partial charge in [-0.2, -0.15) is 0 Å². The summed E-state index contributed by atoms with van der Waals surface area (Å²) in [6, 6.07) is 29.3. The summed E-state index contributed by atoms with van der Waals surface area (Å²) in [4.78, 5) is 15.7. The van der Waals surface area contributed by atoms with Gasteiger partial charge in [0.2, 0.25) is 0 Å². The number of imidazole rings is 1. The summed E-state index contributed by atoms with van der Waals surface area (Å²) in [6.45, 7) is 2.10. The van der Waals surface area contributed by atoms with Gasteiger partial charge in [-0.25, -0.2) is 15.0 Å². The van der Waals surface area contributed by atoms with Crippen LogP contribution in [0.25, 0.3) is 38.9 Å². The fraction of sp³-hybridized carbons (Fsp3) is 0.182. The maximum Gasteiger partial charge on any atom is 0.150 e. The van der Waals surface area contributed by atoms with Crippen LogP contribution in [-0.2, 0) is 4.74 Å². The summed E-state index contributed by atoms with van der Waals surface area (Å²) in [6.07, 6.45) is 5.82. The number of hydrogen-bond donors (Lipinski definition) is 1. The zero-order valence-corrected chi connectivity index (χ0v) is 23.0. The Kier molecular flexibility index (Phi) is 6.46. The van der Waals surface area contributed by atoms with Crippen LogP contribution >= 0.6 is 11.8 Å². The van der Waals surface area contributed by atoms with Gasteiger partial charge in [0.15, 0.2) is 0 Å². The minimum Gasteiger partial charge on any atom is -0.382 e. The number of thioether (sulfide) groups is 1. The van der Waals surface area contributed by atoms with E-state index in [2.05, 4.69) is 83.0 Å². The predicted molar refractivity (Wildman–Crippen MR) is 162 cm³/mol. The van der Waals surface area contributed by atoms with Crippen molar-refractivity contribution >= 4 is 34.0 Å². The van der Waals surface area contributed by atoms with Gasteiger partial charge in [0, 0.05) is 39.7 Å². The Hall–Kier alpha value is -4.20. The van der Waals surface area contributed by atoms with Crippen molar-refractivity contribution in [1.29, 1.82) is 0 Å². The molecule has 3 aromatic carbocycles. The molecule has 7 rings (SSSR count). The smallest absolute Gasteiger partial charge is 0.150 e. The number of pyridine rings is 1. The van der Waals surface area contributed by atoms with E-state index in [-0.39, 0.29) is 6.10 Å². The highest BCUT2D eigenvalue weighted by atomic mass is 32.2. The van der Waals surface area contributed by atoms with Gasteiger partial charge < -0.3 is 10.5 Å². The minimum absolute atomic E-state index is 0.235. The lowest BCUT2D eigenvalue weighted by atomic mass is 9.81. The highest BCUT2D eigenvalue weighted by molar-refractivity contribution is 7.99. The van der Waals surface area contributed by atoms with E-state index >= 15 is 0 Å². The Morgan fingerprint density at radius 3 is 2.55 bits per heavy atom. The molecule has 0 saturated heterocycles. The SMILES string of the molecule is Cc1ccc(SCOC2CC(c3nc(-c4ccc5ccc(-c6ccccc6)nc5c4)c4c(N)nccn34)C2)cc1. The van der Waals surface area contributed by atoms with Crippen LogP contribution in [0.3, 0.4) is 0 Å². The molecule has 6 aromatic rings. The quantitative estimate of drug-likeness (QED) is 0.166. The van der Waals surface area contributed by atoms with Crippen LogP contribution in [0, 0.1) is 6.92 Å². The highest BCUT2D eigenvalue weighted by Crippen LogP contribution is 2.41. The first-order chi connectivity index (χ1) is 19.6. The molecule has 1 saturated carbocycles. The molecule has 6 nitrogen and oxygen atoms in total. The molecule has 7 heteroatoms. The molecule has 0 spiro atoms. The normalized spacial score (nSPS) is 16.8. The molecule has 0 bridgehead atoms. The highest BCUT2D eigenvalue weighted by Gasteiger charge is 2.35. The van der Waals surface area contributed by atoms with Crippen LogP contribution in [0.15, 0.2) is 102 Å². The molecule has 0 atom stereocenters. The van der Waals surface area contributed by atoms with E-state index in [0.29, 0.717) is 17.7 Å². The molecule has 1 fully saturated rings. The van der Waals surface area contributed by atoms with E-state index < -0.39 is 0 Å². The first-order valence-corrected chi connectivity index (χ1v) is 14.5. The lowest BCUT2D eigenvalue weighted by Crippen LogP contribution is -2.31. The van der Waals surface area contributed by atoms with Gasteiger partial charge in [-0.1, -0.05) is 78.0 Å². The molecule has 3 aromatic heterocycles. The Morgan fingerprint density at radius 1 is 0.925 bits per heavy atom. The molecule has 198 valence electrons. The largest absolute Gasteiger partial charge is 0.382 e. The van der Waals surface area contributed by atoms with Crippen LogP contribution in [0.4, 0.5) is 5.82 Å². The van der Waals surface area contributed by atoms with E-state index in [9.17, 15) is 0 Å². The summed E-state index contributed by atoms with van der Waals surface area (Å²) in [7, 11) is 0. The van der Waals surface area contributed by atoms with Gasteiger partial charge in [0.25, 0.3) is 0 Å². The molecule has 0 aliphatic heterocycles. The van der Waals surface area contributed by atoms with E-state index in [0.717, 1.165) is 57.6 Å². The molecule has 1 aliphatic carbocycles. The van der Waals surface area contributed by atoms with Crippen molar-refractivity contribution < 1.29 is 4.74 Å². The van der Waals surface area contributed by atoms with Crippen LogP contribution in [-0.4, -0.2) is 31.4 Å². The molecule has 0 amide bonds. The standard InChI is InChI=1S/C33H29N5OS/c1-21-7-12-27(13-8-21)40-20-39-26-17-25(18-26)33-37-30(31-32(34)35-15-16-38(31)33)24-10-9-23-11-14-28(36-29(23)19-24)22-5-3-2-4-6-22/h2-16,19,25-26H,17-18,20H2,1H3,(H2,34,35). The number of nitrogen functional groups attached to an aromatic ring is 1. The number of hydrogen-bond acceptors (Lipinski definition) is 6. The first-order valence-electron chi connectivity index (χ1n) is 13.5. The predicted octanol–water partition coefficient (Wildman–Crippen LogP) is 7.51. The fourth-order valence-electron chi connectivity index (χ4n) is 5.36. The van der Waals surface area contributed by atoms with Gasteiger partial charge in [0.1, 0.15) is 22.9 Å². The average molecular weight is 544 g/mol. The van der Waals surface area contributed by atoms with Gasteiger partial charge in [-0.05, 0) is 44.0 Å². The van der Waals surface area contributed by atoms with Gasteiger partial charge in [-0.3, -0.25) is 4.40 Å². The fourth-order valence-corrected chi connectivity index (χ4v) is 6.08. The number of nitrogens with two attached hydrogens (primary N) is 1. The molecule has 0 radical (unpaired) electrons. The third-order valence-corrected chi connectivity index (χ3v) is 8.52. The van der Waals surface area contributed by atoms with Gasteiger partial charge in [0.05, 0.1) is 23.3 Å². The molecule has 1 aliphatic rings. The second-order valence-corrected chi connectivity index (χ2v) is 11.3. The molecule has 40 heavy (non-hydrogen) atoms. The molecular formula is C33H29N5OS. The van der Waals surface area contributed by atoms with Gasteiger partial charge >= 0.3 is 0 Å². The number of aryl methyl sites for hydroxylation is 1. The van der Waals surface area contributed by atoms with Crippen LogP contribution in [0.2, 0.25) is 0 Å². The summed E-state index contributed by atoms with van der Waals surface area (Å²) < 4.78 is 8.28. The summed E-state index contributed by atoms with van der Waals surface area (Å²) in [5.41, 5.74) is 13.3. The van der Waals surface area contributed by atoms with Crippen molar-refractivity contribution in [2.24, 2.45) is 0 Å². The number of anilines is 1. The Morgan fingerprint density at radius 2 is 1.73 bits per heavy atom. The number of fused-ring (bicyclic) bond motifs is 2. The minimum atomic E-state index is 0.235. The Bertz CT molecular complexity index is 1810. The number of aromatic nitrogens is 4. The second kappa shape index (κ2) is 10.4. The maximum absolute atomic E-state index is 6.42. The monoisotopic (exact) mass is 543 g/mol. The maximum atomic E-state index is 6.42. The van der Waals surface area contributed by atoms with Crippen molar-refractivity contribution in [2.75, 3.05) is 11.7 Å². The first kappa shape index (κ1) is 24.8. The number of benzene rings is 3. The summed E-state index contributed by atoms with van der Waals surface area (Å²) >= 11 is 1.74. The van der Waals surface area contributed by atoms with E-state index in [4.69, 9.17) is 20.4 Å². The number of ether oxygens (including phenoxy) is 1.